The average Bonchev–Trinajstić information content (AvgIpc) is 3.16. The SMILES string of the molecule is N#Cc1ccc(C(=O)NC2CCCN(C(=O)c3ccco3)C2)cn1. The van der Waals surface area contributed by atoms with Crippen LogP contribution in [0.4, 0.5) is 0 Å². The van der Waals surface area contributed by atoms with Crippen molar-refractivity contribution in [1.82, 2.24) is 15.2 Å². The van der Waals surface area contributed by atoms with Gasteiger partial charge in [0.25, 0.3) is 11.8 Å². The van der Waals surface area contributed by atoms with E-state index in [0.717, 1.165) is 12.8 Å². The van der Waals surface area contributed by atoms with Crippen LogP contribution in [-0.2, 0) is 0 Å². The second-order valence-electron chi connectivity index (χ2n) is 5.59. The molecule has 1 atom stereocenters. The van der Waals surface area contributed by atoms with Crippen LogP contribution < -0.4 is 5.32 Å². The molecule has 0 radical (unpaired) electrons. The zero-order chi connectivity index (χ0) is 16.9. The fraction of sp³-hybridized carbons (Fsp3) is 0.294. The average molecular weight is 324 g/mol. The number of piperidine rings is 1. The number of amides is 2. The fourth-order valence-corrected chi connectivity index (χ4v) is 2.70. The van der Waals surface area contributed by atoms with Crippen LogP contribution >= 0.6 is 0 Å². The van der Waals surface area contributed by atoms with Crippen molar-refractivity contribution in [3.8, 4) is 6.07 Å². The predicted molar refractivity (Wildman–Crippen MR) is 84.1 cm³/mol. The van der Waals surface area contributed by atoms with E-state index in [-0.39, 0.29) is 23.6 Å². The molecule has 3 rings (SSSR count). The number of carbonyl (C=O) groups is 2. The first-order valence-corrected chi connectivity index (χ1v) is 7.67. The maximum absolute atomic E-state index is 12.3. The highest BCUT2D eigenvalue weighted by atomic mass is 16.3. The van der Waals surface area contributed by atoms with Crippen molar-refractivity contribution in [2.24, 2.45) is 0 Å². The van der Waals surface area contributed by atoms with Gasteiger partial charge in [-0.1, -0.05) is 0 Å². The fourth-order valence-electron chi connectivity index (χ4n) is 2.70. The summed E-state index contributed by atoms with van der Waals surface area (Å²) in [7, 11) is 0. The smallest absolute Gasteiger partial charge is 0.289 e. The number of rotatable bonds is 3. The molecule has 1 aliphatic heterocycles. The number of hydrogen-bond acceptors (Lipinski definition) is 5. The lowest BCUT2D eigenvalue weighted by Gasteiger charge is -2.32. The van der Waals surface area contributed by atoms with Crippen molar-refractivity contribution < 1.29 is 14.0 Å². The van der Waals surface area contributed by atoms with E-state index in [4.69, 9.17) is 9.68 Å². The first-order chi connectivity index (χ1) is 11.7. The normalized spacial score (nSPS) is 17.1. The highest BCUT2D eigenvalue weighted by Crippen LogP contribution is 2.15. The summed E-state index contributed by atoms with van der Waals surface area (Å²) in [5, 5.41) is 11.6. The Morgan fingerprint density at radius 2 is 2.25 bits per heavy atom. The minimum atomic E-state index is -0.260. The number of furan rings is 1. The van der Waals surface area contributed by atoms with Crippen LogP contribution in [0.5, 0.6) is 0 Å². The van der Waals surface area contributed by atoms with Crippen molar-refractivity contribution in [3.63, 3.8) is 0 Å². The van der Waals surface area contributed by atoms with Gasteiger partial charge >= 0.3 is 0 Å². The molecule has 1 fully saturated rings. The summed E-state index contributed by atoms with van der Waals surface area (Å²) in [5.41, 5.74) is 0.655. The zero-order valence-corrected chi connectivity index (χ0v) is 12.9. The Labute approximate surface area is 138 Å². The van der Waals surface area contributed by atoms with E-state index in [0.29, 0.717) is 24.4 Å². The topological polar surface area (TPSA) is 99.2 Å². The summed E-state index contributed by atoms with van der Waals surface area (Å²) >= 11 is 0. The zero-order valence-electron chi connectivity index (χ0n) is 12.9. The van der Waals surface area contributed by atoms with E-state index in [1.807, 2.05) is 6.07 Å². The van der Waals surface area contributed by atoms with E-state index < -0.39 is 0 Å². The highest BCUT2D eigenvalue weighted by Gasteiger charge is 2.27. The van der Waals surface area contributed by atoms with Gasteiger partial charge in [-0.25, -0.2) is 4.98 Å². The Kier molecular flexibility index (Phi) is 4.57. The number of carbonyl (C=O) groups excluding carboxylic acids is 2. The van der Waals surface area contributed by atoms with Gasteiger partial charge in [-0.3, -0.25) is 9.59 Å². The molecule has 2 amide bonds. The maximum Gasteiger partial charge on any atom is 0.289 e. The van der Waals surface area contributed by atoms with E-state index in [1.165, 1.54) is 18.5 Å². The van der Waals surface area contributed by atoms with Crippen molar-refractivity contribution >= 4 is 11.8 Å². The molecular weight excluding hydrogens is 308 g/mol. The molecule has 2 aromatic rings. The quantitative estimate of drug-likeness (QED) is 0.924. The third-order valence-corrected chi connectivity index (χ3v) is 3.92. The molecule has 24 heavy (non-hydrogen) atoms. The lowest BCUT2D eigenvalue weighted by molar-refractivity contribution is 0.0647. The van der Waals surface area contributed by atoms with E-state index >= 15 is 0 Å². The van der Waals surface area contributed by atoms with Gasteiger partial charge in [0.05, 0.1) is 11.8 Å². The number of pyridine rings is 1. The summed E-state index contributed by atoms with van der Waals surface area (Å²) < 4.78 is 5.14. The second-order valence-corrected chi connectivity index (χ2v) is 5.59. The molecule has 3 heterocycles. The van der Waals surface area contributed by atoms with Crippen LogP contribution in [0.1, 0.15) is 39.4 Å². The molecule has 1 N–H and O–H groups in total. The molecule has 0 aromatic carbocycles. The Morgan fingerprint density at radius 1 is 1.38 bits per heavy atom. The van der Waals surface area contributed by atoms with Crippen molar-refractivity contribution in [2.45, 2.75) is 18.9 Å². The molecule has 1 saturated heterocycles. The molecule has 0 saturated carbocycles. The van der Waals surface area contributed by atoms with Gasteiger partial charge < -0.3 is 14.6 Å². The van der Waals surface area contributed by atoms with Crippen molar-refractivity contribution in [2.75, 3.05) is 13.1 Å². The Hall–Kier alpha value is -3.14. The molecule has 0 aliphatic carbocycles. The summed E-state index contributed by atoms with van der Waals surface area (Å²) in [6.07, 6.45) is 4.46. The van der Waals surface area contributed by atoms with E-state index in [1.54, 1.807) is 23.1 Å². The molecule has 7 nitrogen and oxygen atoms in total. The molecule has 2 aromatic heterocycles. The molecule has 1 unspecified atom stereocenters. The summed E-state index contributed by atoms with van der Waals surface area (Å²) in [5.74, 6) is -0.124. The first-order valence-electron chi connectivity index (χ1n) is 7.67. The van der Waals surface area contributed by atoms with Crippen molar-refractivity contribution in [1.29, 1.82) is 5.26 Å². The molecule has 0 spiro atoms. The third-order valence-electron chi connectivity index (χ3n) is 3.92. The van der Waals surface area contributed by atoms with Crippen LogP contribution in [0.3, 0.4) is 0 Å². The summed E-state index contributed by atoms with van der Waals surface area (Å²) in [6, 6.07) is 8.16. The van der Waals surface area contributed by atoms with Crippen LogP contribution in [0.25, 0.3) is 0 Å². The lowest BCUT2D eigenvalue weighted by Crippen LogP contribution is -2.49. The third kappa shape index (κ3) is 3.43. The minimum Gasteiger partial charge on any atom is -0.459 e. The van der Waals surface area contributed by atoms with E-state index in [2.05, 4.69) is 10.3 Å². The van der Waals surface area contributed by atoms with Gasteiger partial charge in [0, 0.05) is 25.3 Å². The van der Waals surface area contributed by atoms with E-state index in [9.17, 15) is 9.59 Å². The molecule has 1 aliphatic rings. The Balaban J connectivity index is 1.61. The van der Waals surface area contributed by atoms with Crippen LogP contribution in [0, 0.1) is 11.3 Å². The minimum absolute atomic E-state index is 0.124. The van der Waals surface area contributed by atoms with Gasteiger partial charge in [0.15, 0.2) is 5.76 Å². The Bertz CT molecular complexity index is 762. The summed E-state index contributed by atoms with van der Waals surface area (Å²) in [6.45, 7) is 1.08. The molecule has 0 bridgehead atoms. The van der Waals surface area contributed by atoms with Gasteiger partial charge in [-0.15, -0.1) is 0 Å². The Morgan fingerprint density at radius 3 is 2.92 bits per heavy atom. The van der Waals surface area contributed by atoms with Crippen molar-refractivity contribution in [3.05, 3.63) is 53.7 Å². The standard InChI is InChI=1S/C17H16N4O3/c18-9-13-6-5-12(10-19-13)16(22)20-14-3-1-7-21(11-14)17(23)15-4-2-8-24-15/h2,4-6,8,10,14H,1,3,7,11H2,(H,20,22). The van der Waals surface area contributed by atoms with Gasteiger partial charge in [0.1, 0.15) is 11.8 Å². The second kappa shape index (κ2) is 6.96. The molecule has 7 heteroatoms. The van der Waals surface area contributed by atoms with Crippen LogP contribution in [0.2, 0.25) is 0 Å². The predicted octanol–water partition coefficient (Wildman–Crippen LogP) is 1.58. The van der Waals surface area contributed by atoms with Gasteiger partial charge in [-0.05, 0) is 37.1 Å². The van der Waals surface area contributed by atoms with Crippen LogP contribution in [0.15, 0.2) is 41.1 Å². The number of nitrogens with zero attached hydrogens (tertiary/aromatic N) is 3. The maximum atomic E-state index is 12.3. The first kappa shape index (κ1) is 15.7. The number of likely N-dealkylation sites (tertiary alicyclic amines) is 1. The number of nitrogens with one attached hydrogen (secondary N) is 1. The van der Waals surface area contributed by atoms with Gasteiger partial charge in [-0.2, -0.15) is 5.26 Å². The molecular formula is C17H16N4O3. The largest absolute Gasteiger partial charge is 0.459 e. The van der Waals surface area contributed by atoms with Gasteiger partial charge in [0.2, 0.25) is 0 Å². The lowest BCUT2D eigenvalue weighted by atomic mass is 10.0. The number of aromatic nitrogens is 1. The number of hydrogen-bond donors (Lipinski definition) is 1. The van der Waals surface area contributed by atoms with Crippen LogP contribution in [-0.4, -0.2) is 40.8 Å². The highest BCUT2D eigenvalue weighted by molar-refractivity contribution is 5.94. The monoisotopic (exact) mass is 324 g/mol. The number of nitriles is 1. The molecule has 122 valence electrons. The summed E-state index contributed by atoms with van der Waals surface area (Å²) in [4.78, 5) is 30.1.